The SMILES string of the molecule is O=C(Nc1ccc(-c2ccc(C(=O)N3CCCC3C(=O)O)cc2)nc1)c1nc(-c2ccccc2)oc1C(F)(F)F. The zero-order valence-electron chi connectivity index (χ0n) is 20.7. The predicted octanol–water partition coefficient (Wildman–Crippen LogP) is 5.36. The number of carbonyl (C=O) groups is 3. The molecule has 0 saturated carbocycles. The first-order valence-corrected chi connectivity index (χ1v) is 12.2. The average Bonchev–Trinajstić information content (AvgIpc) is 3.62. The molecule has 3 heterocycles. The number of likely N-dealkylation sites (tertiary alicyclic amines) is 1. The summed E-state index contributed by atoms with van der Waals surface area (Å²) in [6.45, 7) is 0.374. The lowest BCUT2D eigenvalue weighted by Gasteiger charge is -2.21. The summed E-state index contributed by atoms with van der Waals surface area (Å²) in [5.41, 5.74) is 0.960. The van der Waals surface area contributed by atoms with E-state index in [-0.39, 0.29) is 23.0 Å². The van der Waals surface area contributed by atoms with Gasteiger partial charge in [-0.05, 0) is 49.2 Å². The van der Waals surface area contributed by atoms with E-state index in [4.69, 9.17) is 4.42 Å². The van der Waals surface area contributed by atoms with Gasteiger partial charge in [0.15, 0.2) is 5.69 Å². The highest BCUT2D eigenvalue weighted by atomic mass is 19.4. The van der Waals surface area contributed by atoms with E-state index < -0.39 is 35.5 Å². The molecule has 1 aliphatic heterocycles. The number of nitrogens with zero attached hydrogens (tertiary/aromatic N) is 3. The van der Waals surface area contributed by atoms with E-state index in [1.54, 1.807) is 48.5 Å². The molecule has 1 aliphatic rings. The lowest BCUT2D eigenvalue weighted by molar-refractivity contribution is -0.153. The molecule has 5 rings (SSSR count). The molecule has 12 heteroatoms. The number of rotatable bonds is 6. The molecule has 1 fully saturated rings. The standard InChI is InChI=1S/C28H21F3N4O5/c29-28(30,31)23-22(34-25(40-23)17-5-2-1-3-6-17)24(36)33-19-12-13-20(32-15-19)16-8-10-18(11-9-16)26(37)35-14-4-7-21(35)27(38)39/h1-3,5-6,8-13,15,21H,4,7,14H2,(H,33,36)(H,38,39). The quantitative estimate of drug-likeness (QED) is 0.331. The molecule has 2 amide bonds. The molecule has 0 bridgehead atoms. The van der Waals surface area contributed by atoms with Crippen molar-refractivity contribution in [1.82, 2.24) is 14.9 Å². The minimum absolute atomic E-state index is 0.131. The number of oxazole rings is 1. The first kappa shape index (κ1) is 26.6. The minimum Gasteiger partial charge on any atom is -0.480 e. The molecule has 9 nitrogen and oxygen atoms in total. The van der Waals surface area contributed by atoms with E-state index in [1.165, 1.54) is 29.3 Å². The molecular formula is C28H21F3N4O5. The number of halogens is 3. The maximum Gasteiger partial charge on any atom is 0.452 e. The van der Waals surface area contributed by atoms with Crippen LogP contribution in [0, 0.1) is 0 Å². The van der Waals surface area contributed by atoms with Crippen LogP contribution in [-0.2, 0) is 11.0 Å². The lowest BCUT2D eigenvalue weighted by Crippen LogP contribution is -2.40. The summed E-state index contributed by atoms with van der Waals surface area (Å²) in [4.78, 5) is 46.3. The average molecular weight is 550 g/mol. The molecule has 2 N–H and O–H groups in total. The highest BCUT2D eigenvalue weighted by Gasteiger charge is 2.42. The number of benzene rings is 2. The minimum atomic E-state index is -4.94. The number of amides is 2. The van der Waals surface area contributed by atoms with E-state index in [0.29, 0.717) is 36.2 Å². The maximum atomic E-state index is 13.6. The van der Waals surface area contributed by atoms with Crippen LogP contribution in [-0.4, -0.2) is 50.3 Å². The van der Waals surface area contributed by atoms with Crippen molar-refractivity contribution in [2.45, 2.75) is 25.1 Å². The van der Waals surface area contributed by atoms with Gasteiger partial charge in [0.25, 0.3) is 11.8 Å². The number of hydrogen-bond donors (Lipinski definition) is 2. The second kappa shape index (κ2) is 10.6. The van der Waals surface area contributed by atoms with Crippen LogP contribution < -0.4 is 5.32 Å². The Labute approximate surface area is 225 Å². The number of carboxylic acid groups (broad SMARTS) is 1. The van der Waals surface area contributed by atoms with Crippen molar-refractivity contribution in [3.8, 4) is 22.7 Å². The van der Waals surface area contributed by atoms with E-state index in [1.807, 2.05) is 0 Å². The third kappa shape index (κ3) is 5.41. The zero-order valence-corrected chi connectivity index (χ0v) is 20.7. The molecule has 2 aromatic heterocycles. The summed E-state index contributed by atoms with van der Waals surface area (Å²) < 4.78 is 45.6. The summed E-state index contributed by atoms with van der Waals surface area (Å²) in [6, 6.07) is 16.5. The normalized spacial score (nSPS) is 15.2. The van der Waals surface area contributed by atoms with Crippen LogP contribution in [0.15, 0.2) is 77.3 Å². The first-order chi connectivity index (χ1) is 19.1. The number of carbonyl (C=O) groups excluding carboxylic acids is 2. The van der Waals surface area contributed by atoms with Crippen LogP contribution in [0.4, 0.5) is 18.9 Å². The fraction of sp³-hybridized carbons (Fsp3) is 0.179. The number of hydrogen-bond acceptors (Lipinski definition) is 6. The zero-order chi connectivity index (χ0) is 28.4. The van der Waals surface area contributed by atoms with Crippen molar-refractivity contribution in [3.63, 3.8) is 0 Å². The van der Waals surface area contributed by atoms with Crippen LogP contribution in [0.1, 0.15) is 39.4 Å². The second-order valence-electron chi connectivity index (χ2n) is 9.02. The fourth-order valence-corrected chi connectivity index (χ4v) is 4.42. The number of carboxylic acids is 1. The molecule has 1 unspecified atom stereocenters. The molecule has 0 aliphatic carbocycles. The van der Waals surface area contributed by atoms with E-state index in [0.717, 1.165) is 0 Å². The maximum absolute atomic E-state index is 13.6. The fourth-order valence-electron chi connectivity index (χ4n) is 4.42. The Morgan fingerprint density at radius 3 is 2.33 bits per heavy atom. The Morgan fingerprint density at radius 1 is 0.975 bits per heavy atom. The monoisotopic (exact) mass is 550 g/mol. The number of pyridine rings is 1. The largest absolute Gasteiger partial charge is 0.480 e. The molecular weight excluding hydrogens is 529 g/mol. The summed E-state index contributed by atoms with van der Waals surface area (Å²) in [5.74, 6) is -4.36. The van der Waals surface area contributed by atoms with Gasteiger partial charge in [0.2, 0.25) is 11.7 Å². The number of aromatic nitrogens is 2. The Morgan fingerprint density at radius 2 is 1.70 bits per heavy atom. The third-order valence-electron chi connectivity index (χ3n) is 6.37. The van der Waals surface area contributed by atoms with Crippen molar-refractivity contribution in [1.29, 1.82) is 0 Å². The molecule has 40 heavy (non-hydrogen) atoms. The lowest BCUT2D eigenvalue weighted by atomic mass is 10.1. The smallest absolute Gasteiger partial charge is 0.452 e. The van der Waals surface area contributed by atoms with Crippen LogP contribution in [0.3, 0.4) is 0 Å². The number of aliphatic carboxylic acids is 1. The van der Waals surface area contributed by atoms with Gasteiger partial charge in [0.1, 0.15) is 6.04 Å². The van der Waals surface area contributed by atoms with Crippen molar-refractivity contribution in [3.05, 3.63) is 89.9 Å². The van der Waals surface area contributed by atoms with Crippen LogP contribution in [0.25, 0.3) is 22.7 Å². The van der Waals surface area contributed by atoms with Gasteiger partial charge in [0.05, 0.1) is 17.6 Å². The van der Waals surface area contributed by atoms with Gasteiger partial charge in [0, 0.05) is 23.2 Å². The summed E-state index contributed by atoms with van der Waals surface area (Å²) in [5, 5.41) is 11.7. The van der Waals surface area contributed by atoms with E-state index >= 15 is 0 Å². The Hall–Kier alpha value is -5.00. The van der Waals surface area contributed by atoms with Crippen molar-refractivity contribution in [2.24, 2.45) is 0 Å². The molecule has 0 spiro atoms. The van der Waals surface area contributed by atoms with Crippen LogP contribution in [0.5, 0.6) is 0 Å². The van der Waals surface area contributed by atoms with Crippen LogP contribution in [0.2, 0.25) is 0 Å². The number of alkyl halides is 3. The van der Waals surface area contributed by atoms with Gasteiger partial charge in [-0.3, -0.25) is 14.6 Å². The van der Waals surface area contributed by atoms with Gasteiger partial charge in [-0.15, -0.1) is 0 Å². The molecule has 1 saturated heterocycles. The third-order valence-corrected chi connectivity index (χ3v) is 6.37. The molecule has 204 valence electrons. The summed E-state index contributed by atoms with van der Waals surface area (Å²) >= 11 is 0. The van der Waals surface area contributed by atoms with Crippen LogP contribution >= 0.6 is 0 Å². The van der Waals surface area contributed by atoms with E-state index in [2.05, 4.69) is 15.3 Å². The molecule has 1 atom stereocenters. The number of anilines is 1. The van der Waals surface area contributed by atoms with E-state index in [9.17, 15) is 32.7 Å². The number of nitrogens with one attached hydrogen (secondary N) is 1. The molecule has 4 aromatic rings. The topological polar surface area (TPSA) is 126 Å². The Kier molecular flexibility index (Phi) is 7.07. The van der Waals surface area contributed by atoms with Gasteiger partial charge >= 0.3 is 12.1 Å². The Balaban J connectivity index is 1.30. The van der Waals surface area contributed by atoms with Gasteiger partial charge < -0.3 is 19.7 Å². The van der Waals surface area contributed by atoms with Crippen molar-refractivity contribution >= 4 is 23.5 Å². The highest BCUT2D eigenvalue weighted by molar-refractivity contribution is 6.04. The van der Waals surface area contributed by atoms with Crippen molar-refractivity contribution in [2.75, 3.05) is 11.9 Å². The first-order valence-electron chi connectivity index (χ1n) is 12.2. The predicted molar refractivity (Wildman–Crippen MR) is 136 cm³/mol. The van der Waals surface area contributed by atoms with Gasteiger partial charge in [-0.2, -0.15) is 13.2 Å². The van der Waals surface area contributed by atoms with Gasteiger partial charge in [-0.25, -0.2) is 9.78 Å². The summed E-state index contributed by atoms with van der Waals surface area (Å²) in [7, 11) is 0. The highest BCUT2D eigenvalue weighted by Crippen LogP contribution is 2.35. The summed E-state index contributed by atoms with van der Waals surface area (Å²) in [6.07, 6.45) is -2.63. The van der Waals surface area contributed by atoms with Gasteiger partial charge in [-0.1, -0.05) is 30.3 Å². The van der Waals surface area contributed by atoms with Crippen molar-refractivity contribution < 1.29 is 37.1 Å². The molecule has 2 aromatic carbocycles. The molecule has 0 radical (unpaired) electrons. The Bertz CT molecular complexity index is 1550. The second-order valence-corrected chi connectivity index (χ2v) is 9.02.